The van der Waals surface area contributed by atoms with Crippen LogP contribution >= 0.6 is 0 Å². The van der Waals surface area contributed by atoms with Crippen LogP contribution in [0.5, 0.6) is 0 Å². The summed E-state index contributed by atoms with van der Waals surface area (Å²) in [5, 5.41) is 14.6. The monoisotopic (exact) mass is 426 g/mol. The zero-order chi connectivity index (χ0) is 21.9. The van der Waals surface area contributed by atoms with Crippen LogP contribution in [0, 0.1) is 0 Å². The van der Waals surface area contributed by atoms with E-state index in [9.17, 15) is 4.79 Å². The number of anilines is 2. The van der Waals surface area contributed by atoms with Gasteiger partial charge in [-0.1, -0.05) is 24.3 Å². The fourth-order valence-corrected chi connectivity index (χ4v) is 3.68. The second kappa shape index (κ2) is 8.62. The lowest BCUT2D eigenvalue weighted by atomic mass is 10.1. The first-order valence-corrected chi connectivity index (χ1v) is 10.3. The molecule has 2 aromatic heterocycles. The SMILES string of the molecule is O=C(NCCO)c1ccc(-c2ccc3c(n2)N(Cc2ccc4ncccc4c2)NN3)cc1. The Hall–Kier alpha value is -4.01. The fraction of sp³-hybridized carbons (Fsp3) is 0.125. The molecule has 0 atom stereocenters. The third-order valence-electron chi connectivity index (χ3n) is 5.30. The van der Waals surface area contributed by atoms with Crippen molar-refractivity contribution in [3.63, 3.8) is 0 Å². The Balaban J connectivity index is 1.36. The minimum atomic E-state index is -0.210. The van der Waals surface area contributed by atoms with Crippen LogP contribution in [0.3, 0.4) is 0 Å². The number of hydrazine groups is 2. The van der Waals surface area contributed by atoms with E-state index in [0.717, 1.165) is 39.2 Å². The molecule has 4 N–H and O–H groups in total. The van der Waals surface area contributed by atoms with Gasteiger partial charge in [0.2, 0.25) is 0 Å². The third-order valence-corrected chi connectivity index (χ3v) is 5.30. The maximum absolute atomic E-state index is 12.0. The topological polar surface area (TPSA) is 102 Å². The van der Waals surface area contributed by atoms with E-state index >= 15 is 0 Å². The number of hydrogen-bond donors (Lipinski definition) is 4. The Morgan fingerprint density at radius 1 is 1.06 bits per heavy atom. The molecule has 1 aliphatic rings. The van der Waals surface area contributed by atoms with Crippen molar-refractivity contribution in [2.75, 3.05) is 23.6 Å². The van der Waals surface area contributed by atoms with Gasteiger partial charge >= 0.3 is 0 Å². The number of benzene rings is 2. The lowest BCUT2D eigenvalue weighted by Crippen LogP contribution is -2.35. The molecule has 8 nitrogen and oxygen atoms in total. The molecule has 3 heterocycles. The van der Waals surface area contributed by atoms with Crippen LogP contribution in [0.1, 0.15) is 15.9 Å². The average molecular weight is 426 g/mol. The number of nitrogens with zero attached hydrogens (tertiary/aromatic N) is 3. The highest BCUT2D eigenvalue weighted by atomic mass is 16.3. The van der Waals surface area contributed by atoms with E-state index < -0.39 is 0 Å². The summed E-state index contributed by atoms with van der Waals surface area (Å²) in [6.07, 6.45) is 1.80. The molecule has 0 aliphatic carbocycles. The number of aliphatic hydroxyl groups is 1. The van der Waals surface area contributed by atoms with Crippen molar-refractivity contribution >= 4 is 28.3 Å². The molecule has 8 heteroatoms. The minimum absolute atomic E-state index is 0.0858. The number of pyridine rings is 2. The molecule has 2 aromatic carbocycles. The molecule has 0 spiro atoms. The molecule has 0 saturated heterocycles. The number of nitrogens with one attached hydrogen (secondary N) is 3. The van der Waals surface area contributed by atoms with Gasteiger partial charge in [0, 0.05) is 29.3 Å². The molecular formula is C24H22N6O2. The van der Waals surface area contributed by atoms with Gasteiger partial charge in [-0.15, -0.1) is 5.53 Å². The van der Waals surface area contributed by atoms with Gasteiger partial charge in [0.1, 0.15) is 0 Å². The molecule has 1 amide bonds. The standard InChI is InChI=1S/C24H22N6O2/c31-13-12-26-24(32)18-6-4-17(5-7-18)21-9-10-22-23(27-21)30(29-28-22)15-16-3-8-20-19(14-16)2-1-11-25-20/h1-11,14,28-29,31H,12-13,15H2,(H,26,32). The zero-order valence-corrected chi connectivity index (χ0v) is 17.2. The summed E-state index contributed by atoms with van der Waals surface area (Å²) in [6.45, 7) is 0.777. The molecule has 0 radical (unpaired) electrons. The first-order chi connectivity index (χ1) is 15.7. The van der Waals surface area contributed by atoms with Crippen LogP contribution in [0.2, 0.25) is 0 Å². The molecule has 0 saturated carbocycles. The van der Waals surface area contributed by atoms with E-state index in [1.54, 1.807) is 18.3 Å². The van der Waals surface area contributed by atoms with E-state index in [4.69, 9.17) is 10.1 Å². The van der Waals surface area contributed by atoms with E-state index in [2.05, 4.69) is 39.5 Å². The van der Waals surface area contributed by atoms with Gasteiger partial charge in [0.05, 0.1) is 30.0 Å². The quantitative estimate of drug-likeness (QED) is 0.376. The molecule has 0 bridgehead atoms. The van der Waals surface area contributed by atoms with Crippen molar-refractivity contribution in [2.45, 2.75) is 6.54 Å². The first kappa shape index (κ1) is 19.9. The van der Waals surface area contributed by atoms with Gasteiger partial charge in [-0.25, -0.2) is 4.98 Å². The average Bonchev–Trinajstić information content (AvgIpc) is 3.24. The summed E-state index contributed by atoms with van der Waals surface area (Å²) in [4.78, 5) is 21.3. The van der Waals surface area contributed by atoms with E-state index in [0.29, 0.717) is 12.1 Å². The number of carbonyl (C=O) groups is 1. The summed E-state index contributed by atoms with van der Waals surface area (Å²) in [7, 11) is 0. The second-order valence-corrected chi connectivity index (χ2v) is 7.48. The summed E-state index contributed by atoms with van der Waals surface area (Å²) in [5.41, 5.74) is 11.6. The van der Waals surface area contributed by atoms with Gasteiger partial charge in [-0.2, -0.15) is 0 Å². The van der Waals surface area contributed by atoms with Gasteiger partial charge < -0.3 is 15.8 Å². The van der Waals surface area contributed by atoms with Crippen LogP contribution in [0.15, 0.2) is 72.9 Å². The number of amides is 1. The third kappa shape index (κ3) is 3.96. The van der Waals surface area contributed by atoms with Crippen LogP contribution in [-0.4, -0.2) is 34.1 Å². The Bertz CT molecular complexity index is 1280. The number of fused-ring (bicyclic) bond motifs is 2. The summed E-state index contributed by atoms with van der Waals surface area (Å²) >= 11 is 0. The first-order valence-electron chi connectivity index (χ1n) is 10.3. The maximum Gasteiger partial charge on any atom is 0.251 e. The minimum Gasteiger partial charge on any atom is -0.395 e. The lowest BCUT2D eigenvalue weighted by Gasteiger charge is -2.17. The molecule has 160 valence electrons. The highest BCUT2D eigenvalue weighted by molar-refractivity contribution is 5.94. The number of rotatable bonds is 6. The van der Waals surface area contributed by atoms with Gasteiger partial charge in [0.25, 0.3) is 5.91 Å². The molecule has 1 aliphatic heterocycles. The molecule has 0 unspecified atom stereocenters. The lowest BCUT2D eigenvalue weighted by molar-refractivity contribution is 0.0945. The van der Waals surface area contributed by atoms with Crippen LogP contribution in [0.25, 0.3) is 22.2 Å². The maximum atomic E-state index is 12.0. The summed E-state index contributed by atoms with van der Waals surface area (Å²) < 4.78 is 0. The number of aromatic nitrogens is 2. The molecule has 0 fully saturated rings. The van der Waals surface area contributed by atoms with Crippen molar-refractivity contribution in [3.05, 3.63) is 84.1 Å². The molecule has 4 aromatic rings. The number of hydrogen-bond acceptors (Lipinski definition) is 7. The Morgan fingerprint density at radius 2 is 1.94 bits per heavy atom. The van der Waals surface area contributed by atoms with E-state index in [1.165, 1.54) is 0 Å². The Labute approximate surface area is 184 Å². The number of aliphatic hydroxyl groups excluding tert-OH is 1. The van der Waals surface area contributed by atoms with E-state index in [-0.39, 0.29) is 19.1 Å². The highest BCUT2D eigenvalue weighted by Gasteiger charge is 2.21. The summed E-state index contributed by atoms with van der Waals surface area (Å²) in [6, 6.07) is 21.4. The molecular weight excluding hydrogens is 404 g/mol. The van der Waals surface area contributed by atoms with Crippen molar-refractivity contribution in [1.29, 1.82) is 0 Å². The highest BCUT2D eigenvalue weighted by Crippen LogP contribution is 2.31. The van der Waals surface area contributed by atoms with Crippen molar-refractivity contribution < 1.29 is 9.90 Å². The van der Waals surface area contributed by atoms with Crippen LogP contribution in [-0.2, 0) is 6.54 Å². The van der Waals surface area contributed by atoms with Crippen molar-refractivity contribution in [3.8, 4) is 11.3 Å². The van der Waals surface area contributed by atoms with Crippen molar-refractivity contribution in [1.82, 2.24) is 20.8 Å². The second-order valence-electron chi connectivity index (χ2n) is 7.48. The zero-order valence-electron chi connectivity index (χ0n) is 17.2. The van der Waals surface area contributed by atoms with Crippen molar-refractivity contribution in [2.24, 2.45) is 0 Å². The largest absolute Gasteiger partial charge is 0.395 e. The fourth-order valence-electron chi connectivity index (χ4n) is 3.68. The number of carbonyl (C=O) groups excluding carboxylic acids is 1. The normalized spacial score (nSPS) is 12.5. The Kier molecular flexibility index (Phi) is 5.37. The predicted octanol–water partition coefficient (Wildman–Crippen LogP) is 2.87. The van der Waals surface area contributed by atoms with Crippen LogP contribution < -0.4 is 21.3 Å². The molecule has 5 rings (SSSR count). The summed E-state index contributed by atoms with van der Waals surface area (Å²) in [5.74, 6) is 0.594. The Morgan fingerprint density at radius 3 is 2.78 bits per heavy atom. The van der Waals surface area contributed by atoms with Gasteiger partial charge in [0.15, 0.2) is 5.82 Å². The smallest absolute Gasteiger partial charge is 0.251 e. The predicted molar refractivity (Wildman–Crippen MR) is 124 cm³/mol. The van der Waals surface area contributed by atoms with E-state index in [1.807, 2.05) is 41.4 Å². The molecule has 32 heavy (non-hydrogen) atoms. The van der Waals surface area contributed by atoms with Gasteiger partial charge in [-0.3, -0.25) is 14.8 Å². The van der Waals surface area contributed by atoms with Gasteiger partial charge in [-0.05, 0) is 48.0 Å². The van der Waals surface area contributed by atoms with Crippen LogP contribution in [0.4, 0.5) is 11.5 Å².